The molecule has 2 aliphatic rings. The average molecular weight is 373 g/mol. The highest BCUT2D eigenvalue weighted by molar-refractivity contribution is 5.95. The highest BCUT2D eigenvalue weighted by Gasteiger charge is 2.38. The fraction of sp³-hybridized carbons (Fsp3) is 0.619. The van der Waals surface area contributed by atoms with Crippen LogP contribution in [0.5, 0.6) is 0 Å². The molecule has 2 N–H and O–H groups in total. The van der Waals surface area contributed by atoms with Gasteiger partial charge in [-0.05, 0) is 58.2 Å². The summed E-state index contributed by atoms with van der Waals surface area (Å²) in [6.45, 7) is 7.07. The SMILES string of the molecule is CC(C)NC(=O)NC(=O)CN1CCCC1C1CCCN1Cc1ccccc1. The number of urea groups is 1. The molecular formula is C21H32N4O2. The van der Waals surface area contributed by atoms with E-state index in [-0.39, 0.29) is 11.9 Å². The Balaban J connectivity index is 1.56. The molecule has 2 atom stereocenters. The number of nitrogens with one attached hydrogen (secondary N) is 2. The van der Waals surface area contributed by atoms with Crippen molar-refractivity contribution in [2.24, 2.45) is 0 Å². The van der Waals surface area contributed by atoms with Gasteiger partial charge in [-0.1, -0.05) is 30.3 Å². The van der Waals surface area contributed by atoms with Crippen molar-refractivity contribution in [3.63, 3.8) is 0 Å². The molecule has 0 bridgehead atoms. The number of amides is 3. The Bertz CT molecular complexity index is 634. The van der Waals surface area contributed by atoms with Crippen LogP contribution in [0.25, 0.3) is 0 Å². The summed E-state index contributed by atoms with van der Waals surface area (Å²) < 4.78 is 0. The van der Waals surface area contributed by atoms with E-state index < -0.39 is 6.03 Å². The normalized spacial score (nSPS) is 23.7. The number of likely N-dealkylation sites (tertiary alicyclic amines) is 2. The molecule has 2 aliphatic heterocycles. The molecule has 1 aromatic rings. The molecule has 2 heterocycles. The van der Waals surface area contributed by atoms with E-state index in [0.29, 0.717) is 18.6 Å². The van der Waals surface area contributed by atoms with Gasteiger partial charge in [0.1, 0.15) is 0 Å². The largest absolute Gasteiger partial charge is 0.336 e. The number of carbonyl (C=O) groups excluding carboxylic acids is 2. The lowest BCUT2D eigenvalue weighted by atomic mass is 10.0. The van der Waals surface area contributed by atoms with Crippen LogP contribution in [0, 0.1) is 0 Å². The van der Waals surface area contributed by atoms with Crippen LogP contribution < -0.4 is 10.6 Å². The van der Waals surface area contributed by atoms with Crippen molar-refractivity contribution >= 4 is 11.9 Å². The Morgan fingerprint density at radius 1 is 1.04 bits per heavy atom. The van der Waals surface area contributed by atoms with Gasteiger partial charge in [-0.3, -0.25) is 19.9 Å². The minimum Gasteiger partial charge on any atom is -0.336 e. The van der Waals surface area contributed by atoms with E-state index in [2.05, 4.69) is 50.8 Å². The summed E-state index contributed by atoms with van der Waals surface area (Å²) in [7, 11) is 0. The Kier molecular flexibility index (Phi) is 6.85. The molecule has 0 saturated carbocycles. The molecule has 2 fully saturated rings. The summed E-state index contributed by atoms with van der Waals surface area (Å²) >= 11 is 0. The lowest BCUT2D eigenvalue weighted by Crippen LogP contribution is -2.51. The second-order valence-electron chi connectivity index (χ2n) is 8.02. The third-order valence-electron chi connectivity index (χ3n) is 5.52. The van der Waals surface area contributed by atoms with Crippen LogP contribution in [-0.4, -0.2) is 59.5 Å². The van der Waals surface area contributed by atoms with E-state index in [4.69, 9.17) is 0 Å². The van der Waals surface area contributed by atoms with E-state index in [9.17, 15) is 9.59 Å². The van der Waals surface area contributed by atoms with Crippen molar-refractivity contribution in [2.75, 3.05) is 19.6 Å². The molecule has 27 heavy (non-hydrogen) atoms. The van der Waals surface area contributed by atoms with Crippen molar-refractivity contribution in [3.05, 3.63) is 35.9 Å². The second kappa shape index (κ2) is 9.33. The maximum absolute atomic E-state index is 12.3. The Hall–Kier alpha value is -1.92. The van der Waals surface area contributed by atoms with Crippen molar-refractivity contribution in [3.8, 4) is 0 Å². The molecule has 6 nitrogen and oxygen atoms in total. The highest BCUT2D eigenvalue weighted by atomic mass is 16.2. The van der Waals surface area contributed by atoms with Gasteiger partial charge in [0.2, 0.25) is 5.91 Å². The summed E-state index contributed by atoms with van der Waals surface area (Å²) in [6, 6.07) is 11.1. The molecule has 1 aromatic carbocycles. The third kappa shape index (κ3) is 5.53. The van der Waals surface area contributed by atoms with E-state index in [1.54, 1.807) is 0 Å². The molecule has 3 amide bonds. The van der Waals surface area contributed by atoms with Gasteiger partial charge in [-0.15, -0.1) is 0 Å². The number of nitrogens with zero attached hydrogens (tertiary/aromatic N) is 2. The summed E-state index contributed by atoms with van der Waals surface area (Å²) in [6.07, 6.45) is 4.64. The fourth-order valence-corrected chi connectivity index (χ4v) is 4.43. The zero-order valence-corrected chi connectivity index (χ0v) is 16.5. The Morgan fingerprint density at radius 2 is 1.67 bits per heavy atom. The molecule has 148 valence electrons. The van der Waals surface area contributed by atoms with Gasteiger partial charge in [-0.2, -0.15) is 0 Å². The second-order valence-corrected chi connectivity index (χ2v) is 8.02. The Labute approximate surface area is 162 Å². The minimum atomic E-state index is -0.405. The van der Waals surface area contributed by atoms with E-state index in [0.717, 1.165) is 32.5 Å². The number of rotatable bonds is 6. The molecule has 2 saturated heterocycles. The lowest BCUT2D eigenvalue weighted by molar-refractivity contribution is -0.121. The van der Waals surface area contributed by atoms with Crippen LogP contribution in [0.2, 0.25) is 0 Å². The smallest absolute Gasteiger partial charge is 0.321 e. The topological polar surface area (TPSA) is 64.7 Å². The zero-order chi connectivity index (χ0) is 19.2. The van der Waals surface area contributed by atoms with E-state index in [1.807, 2.05) is 13.8 Å². The van der Waals surface area contributed by atoms with E-state index in [1.165, 1.54) is 18.4 Å². The molecule has 6 heteroatoms. The van der Waals surface area contributed by atoms with Gasteiger partial charge in [0.25, 0.3) is 0 Å². The van der Waals surface area contributed by atoms with Gasteiger partial charge in [0, 0.05) is 24.7 Å². The van der Waals surface area contributed by atoms with Crippen LogP contribution in [0.4, 0.5) is 4.79 Å². The number of hydrogen-bond acceptors (Lipinski definition) is 4. The van der Waals surface area contributed by atoms with Crippen molar-refractivity contribution in [2.45, 2.75) is 64.2 Å². The van der Waals surface area contributed by atoms with Crippen LogP contribution in [0.3, 0.4) is 0 Å². The molecule has 3 rings (SSSR count). The van der Waals surface area contributed by atoms with Crippen molar-refractivity contribution in [1.82, 2.24) is 20.4 Å². The average Bonchev–Trinajstić information content (AvgIpc) is 3.23. The molecule has 2 unspecified atom stereocenters. The maximum atomic E-state index is 12.3. The minimum absolute atomic E-state index is 0.0161. The summed E-state index contributed by atoms with van der Waals surface area (Å²) in [5.41, 5.74) is 1.34. The molecule has 0 aromatic heterocycles. The Morgan fingerprint density at radius 3 is 2.33 bits per heavy atom. The van der Waals surface area contributed by atoms with Crippen LogP contribution in [0.15, 0.2) is 30.3 Å². The monoisotopic (exact) mass is 372 g/mol. The van der Waals surface area contributed by atoms with Gasteiger partial charge >= 0.3 is 6.03 Å². The summed E-state index contributed by atoms with van der Waals surface area (Å²) in [5.74, 6) is -0.215. The fourth-order valence-electron chi connectivity index (χ4n) is 4.43. The maximum Gasteiger partial charge on any atom is 0.321 e. The number of hydrogen-bond donors (Lipinski definition) is 2. The first-order valence-corrected chi connectivity index (χ1v) is 10.2. The molecular weight excluding hydrogens is 340 g/mol. The third-order valence-corrected chi connectivity index (χ3v) is 5.52. The number of benzene rings is 1. The van der Waals surface area contributed by atoms with Gasteiger partial charge in [0.15, 0.2) is 0 Å². The quantitative estimate of drug-likeness (QED) is 0.805. The molecule has 0 aliphatic carbocycles. The predicted octanol–water partition coefficient (Wildman–Crippen LogP) is 2.35. The first kappa shape index (κ1) is 19.8. The lowest BCUT2D eigenvalue weighted by Gasteiger charge is -2.34. The van der Waals surface area contributed by atoms with E-state index >= 15 is 0 Å². The number of carbonyl (C=O) groups is 2. The van der Waals surface area contributed by atoms with Crippen molar-refractivity contribution in [1.29, 1.82) is 0 Å². The molecule has 0 radical (unpaired) electrons. The van der Waals surface area contributed by atoms with Crippen LogP contribution in [0.1, 0.15) is 45.1 Å². The first-order chi connectivity index (χ1) is 13.0. The highest BCUT2D eigenvalue weighted by Crippen LogP contribution is 2.30. The zero-order valence-electron chi connectivity index (χ0n) is 16.5. The standard InChI is InChI=1S/C21H32N4O2/c1-16(2)22-21(27)23-20(26)15-25-13-7-11-19(25)18-10-6-12-24(18)14-17-8-4-3-5-9-17/h3-5,8-9,16,18-19H,6-7,10-15H2,1-2H3,(H2,22,23,26,27). The van der Waals surface area contributed by atoms with Gasteiger partial charge in [0.05, 0.1) is 6.54 Å². The summed E-state index contributed by atoms with van der Waals surface area (Å²) in [4.78, 5) is 28.9. The predicted molar refractivity (Wildman–Crippen MR) is 106 cm³/mol. The van der Waals surface area contributed by atoms with Crippen LogP contribution >= 0.6 is 0 Å². The van der Waals surface area contributed by atoms with Crippen molar-refractivity contribution < 1.29 is 9.59 Å². The van der Waals surface area contributed by atoms with Gasteiger partial charge in [-0.25, -0.2) is 4.79 Å². The number of imide groups is 1. The first-order valence-electron chi connectivity index (χ1n) is 10.2. The van der Waals surface area contributed by atoms with Gasteiger partial charge < -0.3 is 5.32 Å². The van der Waals surface area contributed by atoms with Crippen LogP contribution in [-0.2, 0) is 11.3 Å². The molecule has 0 spiro atoms. The summed E-state index contributed by atoms with van der Waals surface area (Å²) in [5, 5.41) is 5.16.